The molecule has 1 aromatic carbocycles. The van der Waals surface area contributed by atoms with Gasteiger partial charge in [-0.2, -0.15) is 0 Å². The number of esters is 1. The molecule has 6 atom stereocenters. The number of anilines is 1. The van der Waals surface area contributed by atoms with Crippen LogP contribution in [0.1, 0.15) is 25.7 Å². The number of carbonyl (C=O) groups is 3. The van der Waals surface area contributed by atoms with Gasteiger partial charge in [0.15, 0.2) is 0 Å². The SMILES string of the molecule is C=CCCCCOC(=O)[C@H]1[C@H]2C(=O)N(CCO)C(C(=O)N(CC=C)c3ccc(OC)cc3)C23CC(Br)[C@@H]1O3. The van der Waals surface area contributed by atoms with E-state index in [-0.39, 0.29) is 42.9 Å². The van der Waals surface area contributed by atoms with Gasteiger partial charge in [0.2, 0.25) is 5.91 Å². The van der Waals surface area contributed by atoms with Crippen LogP contribution in [0.2, 0.25) is 0 Å². The van der Waals surface area contributed by atoms with Crippen LogP contribution in [-0.2, 0) is 23.9 Å². The topological polar surface area (TPSA) is 106 Å². The molecule has 3 aliphatic heterocycles. The monoisotopic (exact) mass is 590 g/mol. The van der Waals surface area contributed by atoms with E-state index in [1.807, 2.05) is 6.08 Å². The van der Waals surface area contributed by atoms with Crippen LogP contribution in [0.25, 0.3) is 0 Å². The fourth-order valence-corrected chi connectivity index (χ4v) is 6.99. The Kier molecular flexibility index (Phi) is 8.95. The van der Waals surface area contributed by atoms with Crippen molar-refractivity contribution in [1.29, 1.82) is 0 Å². The molecule has 3 unspecified atom stereocenters. The van der Waals surface area contributed by atoms with Crippen LogP contribution in [0.4, 0.5) is 5.69 Å². The molecule has 2 bridgehead atoms. The summed E-state index contributed by atoms with van der Waals surface area (Å²) in [5.41, 5.74) is -0.619. The van der Waals surface area contributed by atoms with Gasteiger partial charge in [-0.3, -0.25) is 14.4 Å². The number of aliphatic hydroxyl groups excluding tert-OH is 1. The number of aliphatic hydroxyl groups is 1. The van der Waals surface area contributed by atoms with Crippen molar-refractivity contribution in [3.8, 4) is 5.75 Å². The summed E-state index contributed by atoms with van der Waals surface area (Å²) in [6.45, 7) is 7.55. The number of halogens is 1. The Labute approximate surface area is 231 Å². The van der Waals surface area contributed by atoms with E-state index in [1.165, 1.54) is 9.80 Å². The van der Waals surface area contributed by atoms with Gasteiger partial charge in [-0.15, -0.1) is 13.2 Å². The van der Waals surface area contributed by atoms with Crippen LogP contribution in [0.3, 0.4) is 0 Å². The highest BCUT2D eigenvalue weighted by Gasteiger charge is 2.77. The fourth-order valence-electron chi connectivity index (χ4n) is 6.05. The molecule has 1 N–H and O–H groups in total. The number of hydrogen-bond acceptors (Lipinski definition) is 7. The number of carbonyl (C=O) groups excluding carboxylic acids is 3. The molecule has 0 radical (unpaired) electrons. The Bertz CT molecular complexity index is 1060. The Hall–Kier alpha value is -2.69. The summed E-state index contributed by atoms with van der Waals surface area (Å²) >= 11 is 3.64. The zero-order valence-corrected chi connectivity index (χ0v) is 23.2. The van der Waals surface area contributed by atoms with Crippen molar-refractivity contribution in [3.63, 3.8) is 0 Å². The van der Waals surface area contributed by atoms with Crippen molar-refractivity contribution in [2.75, 3.05) is 38.3 Å². The molecule has 1 spiro atoms. The van der Waals surface area contributed by atoms with Gasteiger partial charge >= 0.3 is 5.97 Å². The van der Waals surface area contributed by atoms with Crippen molar-refractivity contribution in [2.45, 2.75) is 48.3 Å². The molecule has 0 saturated carbocycles. The van der Waals surface area contributed by atoms with Crippen LogP contribution < -0.4 is 9.64 Å². The maximum Gasteiger partial charge on any atom is 0.312 e. The Morgan fingerprint density at radius 2 is 2.00 bits per heavy atom. The predicted molar refractivity (Wildman–Crippen MR) is 145 cm³/mol. The lowest BCUT2D eigenvalue weighted by atomic mass is 9.70. The fraction of sp³-hybridized carbons (Fsp3) is 0.536. The number of allylic oxidation sites excluding steroid dienone is 1. The molecule has 0 aliphatic carbocycles. The minimum absolute atomic E-state index is 0.0532. The predicted octanol–water partition coefficient (Wildman–Crippen LogP) is 2.85. The minimum Gasteiger partial charge on any atom is -0.497 e. The van der Waals surface area contributed by atoms with Gasteiger partial charge in [-0.1, -0.05) is 28.1 Å². The molecule has 4 rings (SSSR count). The Morgan fingerprint density at radius 1 is 1.26 bits per heavy atom. The van der Waals surface area contributed by atoms with Gasteiger partial charge in [-0.05, 0) is 49.9 Å². The molecular formula is C28H35BrN2O7. The normalized spacial score (nSPS) is 29.2. The van der Waals surface area contributed by atoms with Crippen molar-refractivity contribution in [2.24, 2.45) is 11.8 Å². The lowest BCUT2D eigenvalue weighted by Crippen LogP contribution is -2.57. The first-order valence-corrected chi connectivity index (χ1v) is 13.8. The van der Waals surface area contributed by atoms with Crippen LogP contribution >= 0.6 is 15.9 Å². The smallest absolute Gasteiger partial charge is 0.312 e. The molecule has 9 nitrogen and oxygen atoms in total. The first-order valence-electron chi connectivity index (χ1n) is 12.9. The molecular weight excluding hydrogens is 556 g/mol. The molecule has 3 heterocycles. The van der Waals surface area contributed by atoms with Crippen molar-refractivity contribution in [1.82, 2.24) is 4.90 Å². The van der Waals surface area contributed by atoms with Crippen molar-refractivity contribution >= 4 is 39.4 Å². The molecule has 0 aromatic heterocycles. The van der Waals surface area contributed by atoms with Gasteiger partial charge in [0, 0.05) is 23.6 Å². The molecule has 2 amide bonds. The number of likely N-dealkylation sites (tertiary alicyclic amines) is 1. The van der Waals surface area contributed by atoms with Crippen LogP contribution in [0, 0.1) is 11.8 Å². The molecule has 3 aliphatic rings. The standard InChI is InChI=1S/C28H35BrN2O7/c1-4-6-7-8-16-37-27(35)21-22-25(33)31(14-15-32)24(28(22)17-20(29)23(21)38-28)26(34)30(13-5-2)18-9-11-19(36-3)12-10-18/h4-5,9-12,20-24,32H,1-2,6-8,13-17H2,3H3/t20?,21-,22-,23-,24?,28?/m0/s1. The maximum absolute atomic E-state index is 14.3. The number of ether oxygens (including phenoxy) is 3. The molecule has 38 heavy (non-hydrogen) atoms. The van der Waals surface area contributed by atoms with Crippen molar-refractivity contribution in [3.05, 3.63) is 49.6 Å². The summed E-state index contributed by atoms with van der Waals surface area (Å²) in [6.07, 6.45) is 5.57. The third kappa shape index (κ3) is 4.89. The highest BCUT2D eigenvalue weighted by atomic mass is 79.9. The summed E-state index contributed by atoms with van der Waals surface area (Å²) in [6, 6.07) is 5.99. The number of amides is 2. The number of methoxy groups -OCH3 is 1. The average Bonchev–Trinajstić information content (AvgIpc) is 3.50. The van der Waals surface area contributed by atoms with Crippen LogP contribution in [0.15, 0.2) is 49.6 Å². The van der Waals surface area contributed by atoms with E-state index in [0.717, 1.165) is 12.8 Å². The second-order valence-electron chi connectivity index (χ2n) is 9.81. The second kappa shape index (κ2) is 12.0. The summed E-state index contributed by atoms with van der Waals surface area (Å²) in [4.78, 5) is 44.0. The van der Waals surface area contributed by atoms with Gasteiger partial charge < -0.3 is 29.1 Å². The Balaban J connectivity index is 1.66. The quantitative estimate of drug-likeness (QED) is 0.163. The minimum atomic E-state index is -1.22. The summed E-state index contributed by atoms with van der Waals surface area (Å²) in [7, 11) is 1.56. The third-order valence-electron chi connectivity index (χ3n) is 7.64. The number of hydrogen-bond donors (Lipinski definition) is 1. The van der Waals surface area contributed by atoms with E-state index >= 15 is 0 Å². The first-order chi connectivity index (χ1) is 18.3. The van der Waals surface area contributed by atoms with Gasteiger partial charge in [0.05, 0.1) is 38.3 Å². The number of unbranched alkanes of at least 4 members (excludes halogenated alkanes) is 2. The average molecular weight is 591 g/mol. The summed E-state index contributed by atoms with van der Waals surface area (Å²) in [5.74, 6) is -2.30. The highest BCUT2D eigenvalue weighted by molar-refractivity contribution is 9.09. The lowest BCUT2D eigenvalue weighted by molar-refractivity contribution is -0.155. The molecule has 3 fully saturated rings. The highest BCUT2D eigenvalue weighted by Crippen LogP contribution is 2.60. The van der Waals surface area contributed by atoms with Crippen LogP contribution in [0.5, 0.6) is 5.75 Å². The molecule has 1 aromatic rings. The first kappa shape index (κ1) is 28.3. The summed E-state index contributed by atoms with van der Waals surface area (Å²) < 4.78 is 17.3. The van der Waals surface area contributed by atoms with E-state index in [9.17, 15) is 19.5 Å². The zero-order chi connectivity index (χ0) is 27.4. The number of benzene rings is 1. The number of alkyl halides is 1. The van der Waals surface area contributed by atoms with E-state index in [4.69, 9.17) is 14.2 Å². The Morgan fingerprint density at radius 3 is 2.63 bits per heavy atom. The van der Waals surface area contributed by atoms with Gasteiger partial charge in [0.1, 0.15) is 17.4 Å². The van der Waals surface area contributed by atoms with E-state index in [2.05, 4.69) is 29.1 Å². The van der Waals surface area contributed by atoms with Gasteiger partial charge in [-0.25, -0.2) is 0 Å². The number of β-amino-alcohol motifs (C(OH)–C–C–N with tert-alkyl or cyclic N) is 1. The van der Waals surface area contributed by atoms with Crippen LogP contribution in [-0.4, -0.2) is 83.8 Å². The van der Waals surface area contributed by atoms with E-state index < -0.39 is 35.6 Å². The van der Waals surface area contributed by atoms with Gasteiger partial charge in [0.25, 0.3) is 5.91 Å². The number of nitrogens with zero attached hydrogens (tertiary/aromatic N) is 2. The lowest BCUT2D eigenvalue weighted by Gasteiger charge is -2.37. The zero-order valence-electron chi connectivity index (χ0n) is 21.6. The van der Waals surface area contributed by atoms with Crippen molar-refractivity contribution < 1.29 is 33.7 Å². The van der Waals surface area contributed by atoms with E-state index in [1.54, 1.807) is 37.5 Å². The largest absolute Gasteiger partial charge is 0.497 e. The maximum atomic E-state index is 14.3. The molecule has 206 valence electrons. The second-order valence-corrected chi connectivity index (χ2v) is 11.0. The molecule has 3 saturated heterocycles. The summed E-state index contributed by atoms with van der Waals surface area (Å²) in [5, 5.41) is 9.81. The number of fused-ring (bicyclic) bond motifs is 1. The van der Waals surface area contributed by atoms with E-state index in [0.29, 0.717) is 24.3 Å². The number of rotatable bonds is 13. The third-order valence-corrected chi connectivity index (χ3v) is 8.49. The molecule has 10 heteroatoms.